The fourth-order valence-corrected chi connectivity index (χ4v) is 1.60. The number of rotatable bonds is 1. The standard InChI is InChI=1S/C10H10BrNO2/c1-2-10(11)9(13)12-7-5-3-4-6-8(7)14-10/h3-6H,2H2,1H3,(H,12,13). The monoisotopic (exact) mass is 255 g/mol. The van der Waals surface area contributed by atoms with Crippen molar-refractivity contribution in [1.29, 1.82) is 0 Å². The minimum Gasteiger partial charge on any atom is -0.464 e. The maximum absolute atomic E-state index is 11.6. The molecule has 0 spiro atoms. The van der Waals surface area contributed by atoms with E-state index in [4.69, 9.17) is 4.74 Å². The molecular weight excluding hydrogens is 246 g/mol. The van der Waals surface area contributed by atoms with Crippen molar-refractivity contribution in [2.24, 2.45) is 0 Å². The molecule has 14 heavy (non-hydrogen) atoms. The topological polar surface area (TPSA) is 38.3 Å². The Hall–Kier alpha value is -1.03. The third-order valence-corrected chi connectivity index (χ3v) is 3.28. The fourth-order valence-electron chi connectivity index (χ4n) is 1.33. The van der Waals surface area contributed by atoms with E-state index in [1.807, 2.05) is 31.2 Å². The highest BCUT2D eigenvalue weighted by atomic mass is 79.9. The maximum Gasteiger partial charge on any atom is 0.279 e. The van der Waals surface area contributed by atoms with Gasteiger partial charge in [-0.05, 0) is 28.1 Å². The van der Waals surface area contributed by atoms with Crippen LogP contribution in [-0.4, -0.2) is 10.4 Å². The molecule has 4 heteroatoms. The first kappa shape index (κ1) is 9.52. The number of ether oxygens (including phenoxy) is 1. The molecule has 2 rings (SSSR count). The predicted octanol–water partition coefficient (Wildman–Crippen LogP) is 2.52. The molecule has 0 aliphatic carbocycles. The average molecular weight is 256 g/mol. The first-order valence-corrected chi connectivity index (χ1v) is 5.23. The second-order valence-electron chi connectivity index (χ2n) is 3.13. The summed E-state index contributed by atoms with van der Waals surface area (Å²) in [6.45, 7) is 1.89. The van der Waals surface area contributed by atoms with Crippen LogP contribution in [0.3, 0.4) is 0 Å². The third-order valence-electron chi connectivity index (χ3n) is 2.20. The lowest BCUT2D eigenvalue weighted by molar-refractivity contribution is -0.125. The number of halogens is 1. The van der Waals surface area contributed by atoms with Gasteiger partial charge in [0, 0.05) is 6.42 Å². The Labute approximate surface area is 90.6 Å². The Morgan fingerprint density at radius 3 is 2.93 bits per heavy atom. The van der Waals surface area contributed by atoms with E-state index in [0.29, 0.717) is 12.2 Å². The number of hydrogen-bond acceptors (Lipinski definition) is 2. The number of benzene rings is 1. The molecule has 0 saturated carbocycles. The van der Waals surface area contributed by atoms with Crippen LogP contribution in [0.15, 0.2) is 24.3 Å². The smallest absolute Gasteiger partial charge is 0.279 e. The Bertz CT molecular complexity index is 380. The van der Waals surface area contributed by atoms with Crippen LogP contribution in [-0.2, 0) is 4.79 Å². The highest BCUT2D eigenvalue weighted by Crippen LogP contribution is 2.37. The van der Waals surface area contributed by atoms with Crippen LogP contribution in [0.5, 0.6) is 5.75 Å². The van der Waals surface area contributed by atoms with Gasteiger partial charge in [0.1, 0.15) is 5.75 Å². The summed E-state index contributed by atoms with van der Waals surface area (Å²) < 4.78 is 4.67. The second-order valence-corrected chi connectivity index (χ2v) is 4.42. The summed E-state index contributed by atoms with van der Waals surface area (Å²) in [5, 5.41) is 2.79. The van der Waals surface area contributed by atoms with Gasteiger partial charge in [-0.3, -0.25) is 4.79 Å². The predicted molar refractivity (Wildman–Crippen MR) is 57.6 cm³/mol. The van der Waals surface area contributed by atoms with Gasteiger partial charge in [-0.15, -0.1) is 0 Å². The molecular formula is C10H10BrNO2. The molecule has 0 aromatic heterocycles. The van der Waals surface area contributed by atoms with Crippen LogP contribution < -0.4 is 10.1 Å². The van der Waals surface area contributed by atoms with Crippen molar-refractivity contribution in [3.8, 4) is 5.75 Å². The summed E-state index contributed by atoms with van der Waals surface area (Å²) >= 11 is 3.30. The average Bonchev–Trinajstić information content (AvgIpc) is 2.20. The Kier molecular flexibility index (Phi) is 2.23. The highest BCUT2D eigenvalue weighted by Gasteiger charge is 2.40. The highest BCUT2D eigenvalue weighted by molar-refractivity contribution is 9.10. The third kappa shape index (κ3) is 1.39. The molecule has 3 nitrogen and oxygen atoms in total. The van der Waals surface area contributed by atoms with Gasteiger partial charge in [0.2, 0.25) is 4.51 Å². The van der Waals surface area contributed by atoms with Gasteiger partial charge in [0.25, 0.3) is 5.91 Å². The van der Waals surface area contributed by atoms with Crippen molar-refractivity contribution in [3.63, 3.8) is 0 Å². The van der Waals surface area contributed by atoms with Gasteiger partial charge >= 0.3 is 0 Å². The van der Waals surface area contributed by atoms with E-state index in [0.717, 1.165) is 5.69 Å². The minimum absolute atomic E-state index is 0.154. The molecule has 0 radical (unpaired) electrons. The molecule has 1 heterocycles. The van der Waals surface area contributed by atoms with E-state index in [9.17, 15) is 4.79 Å². The number of amides is 1. The van der Waals surface area contributed by atoms with Crippen molar-refractivity contribution < 1.29 is 9.53 Å². The number of hydrogen-bond donors (Lipinski definition) is 1. The van der Waals surface area contributed by atoms with Crippen molar-refractivity contribution in [3.05, 3.63) is 24.3 Å². The summed E-state index contributed by atoms with van der Waals surface area (Å²) in [5.41, 5.74) is 0.723. The lowest BCUT2D eigenvalue weighted by Gasteiger charge is -2.31. The number of carbonyl (C=O) groups excluding carboxylic acids is 1. The van der Waals surface area contributed by atoms with Crippen LogP contribution in [0.4, 0.5) is 5.69 Å². The van der Waals surface area contributed by atoms with Crippen LogP contribution in [0.25, 0.3) is 0 Å². The second kappa shape index (κ2) is 3.28. The molecule has 0 fully saturated rings. The molecule has 1 aromatic rings. The van der Waals surface area contributed by atoms with Gasteiger partial charge < -0.3 is 10.1 Å². The van der Waals surface area contributed by atoms with Crippen LogP contribution in [0, 0.1) is 0 Å². The zero-order valence-corrected chi connectivity index (χ0v) is 9.30. The first-order valence-electron chi connectivity index (χ1n) is 4.44. The lowest BCUT2D eigenvalue weighted by atomic mass is 10.2. The first-order chi connectivity index (χ1) is 6.65. The Morgan fingerprint density at radius 1 is 1.50 bits per heavy atom. The molecule has 0 bridgehead atoms. The molecule has 0 saturated heterocycles. The summed E-state index contributed by atoms with van der Waals surface area (Å²) in [7, 11) is 0. The van der Waals surface area contributed by atoms with Gasteiger partial charge in [0.15, 0.2) is 0 Å². The Morgan fingerprint density at radius 2 is 2.21 bits per heavy atom. The Balaban J connectivity index is 2.41. The van der Waals surface area contributed by atoms with Crippen molar-refractivity contribution in [2.45, 2.75) is 17.9 Å². The quantitative estimate of drug-likeness (QED) is 0.784. The number of anilines is 1. The zero-order valence-electron chi connectivity index (χ0n) is 7.71. The maximum atomic E-state index is 11.6. The molecule has 1 aromatic carbocycles. The van der Waals surface area contributed by atoms with Crippen LogP contribution in [0.2, 0.25) is 0 Å². The van der Waals surface area contributed by atoms with E-state index in [-0.39, 0.29) is 5.91 Å². The van der Waals surface area contributed by atoms with Crippen LogP contribution >= 0.6 is 15.9 Å². The van der Waals surface area contributed by atoms with Crippen molar-refractivity contribution in [2.75, 3.05) is 5.32 Å². The number of alkyl halides is 1. The molecule has 1 atom stereocenters. The van der Waals surface area contributed by atoms with Crippen molar-refractivity contribution in [1.82, 2.24) is 0 Å². The number of carbonyl (C=O) groups is 1. The molecule has 1 aliphatic heterocycles. The summed E-state index contributed by atoms with van der Waals surface area (Å²) in [6.07, 6.45) is 0.577. The minimum atomic E-state index is -0.915. The largest absolute Gasteiger partial charge is 0.464 e. The van der Waals surface area contributed by atoms with Gasteiger partial charge in [-0.25, -0.2) is 0 Å². The number of fused-ring (bicyclic) bond motifs is 1. The summed E-state index contributed by atoms with van der Waals surface area (Å²) in [5.74, 6) is 0.546. The SMILES string of the molecule is CCC1(Br)Oc2ccccc2NC1=O. The van der Waals surface area contributed by atoms with Gasteiger partial charge in [-0.2, -0.15) is 0 Å². The molecule has 1 N–H and O–H groups in total. The molecule has 1 unspecified atom stereocenters. The van der Waals surface area contributed by atoms with Crippen LogP contribution in [0.1, 0.15) is 13.3 Å². The molecule has 74 valence electrons. The fraction of sp³-hybridized carbons (Fsp3) is 0.300. The van der Waals surface area contributed by atoms with E-state index in [1.54, 1.807) is 0 Å². The van der Waals surface area contributed by atoms with E-state index >= 15 is 0 Å². The van der Waals surface area contributed by atoms with E-state index in [2.05, 4.69) is 21.2 Å². The van der Waals surface area contributed by atoms with Gasteiger partial charge in [-0.1, -0.05) is 19.1 Å². The molecule has 1 amide bonds. The zero-order chi connectivity index (χ0) is 10.2. The molecule has 1 aliphatic rings. The van der Waals surface area contributed by atoms with E-state index in [1.165, 1.54) is 0 Å². The summed E-state index contributed by atoms with van der Waals surface area (Å²) in [6, 6.07) is 7.38. The summed E-state index contributed by atoms with van der Waals surface area (Å²) in [4.78, 5) is 11.6. The number of nitrogens with one attached hydrogen (secondary N) is 1. The number of para-hydroxylation sites is 2. The lowest BCUT2D eigenvalue weighted by Crippen LogP contribution is -2.45. The van der Waals surface area contributed by atoms with E-state index < -0.39 is 4.51 Å². The normalized spacial score (nSPS) is 24.9. The van der Waals surface area contributed by atoms with Gasteiger partial charge in [0.05, 0.1) is 5.69 Å². The van der Waals surface area contributed by atoms with Crippen molar-refractivity contribution >= 4 is 27.5 Å².